The highest BCUT2D eigenvalue weighted by Crippen LogP contribution is 2.24. The van der Waals surface area contributed by atoms with Gasteiger partial charge < -0.3 is 15.9 Å². The topological polar surface area (TPSA) is 119 Å². The van der Waals surface area contributed by atoms with Gasteiger partial charge in [-0.3, -0.25) is 4.79 Å². The van der Waals surface area contributed by atoms with Gasteiger partial charge in [-0.2, -0.15) is 5.10 Å². The van der Waals surface area contributed by atoms with E-state index in [0.717, 1.165) is 27.6 Å². The van der Waals surface area contributed by atoms with Gasteiger partial charge in [0.1, 0.15) is 12.4 Å². The number of fused-ring (bicyclic) bond motifs is 1. The summed E-state index contributed by atoms with van der Waals surface area (Å²) < 4.78 is 7.21. The highest BCUT2D eigenvalue weighted by Gasteiger charge is 2.13. The summed E-state index contributed by atoms with van der Waals surface area (Å²) in [4.78, 5) is 12.6. The molecule has 4 aromatic carbocycles. The Morgan fingerprint density at radius 3 is 2.61 bits per heavy atom. The molecule has 0 unspecified atom stereocenters. The summed E-state index contributed by atoms with van der Waals surface area (Å²) in [7, 11) is 0. The number of aromatic nitrogens is 3. The minimum Gasteiger partial charge on any atom is -0.488 e. The SMILES string of the molecule is Nn1c(N/N=C/c2ccccc2OCc2ccccc2)nnc1SCC(=O)Nc1cccc2ccccc12. The van der Waals surface area contributed by atoms with E-state index in [-0.39, 0.29) is 17.6 Å². The lowest BCUT2D eigenvalue weighted by Gasteiger charge is -2.09. The van der Waals surface area contributed by atoms with E-state index in [1.165, 1.54) is 16.4 Å². The Morgan fingerprint density at radius 2 is 1.71 bits per heavy atom. The molecule has 38 heavy (non-hydrogen) atoms. The molecule has 0 saturated heterocycles. The second-order valence-corrected chi connectivity index (χ2v) is 9.16. The molecule has 0 saturated carbocycles. The van der Waals surface area contributed by atoms with E-state index in [9.17, 15) is 4.79 Å². The summed E-state index contributed by atoms with van der Waals surface area (Å²) in [6.45, 7) is 0.449. The van der Waals surface area contributed by atoms with Crippen LogP contribution in [-0.2, 0) is 11.4 Å². The summed E-state index contributed by atoms with van der Waals surface area (Å²) in [6.07, 6.45) is 1.62. The van der Waals surface area contributed by atoms with Crippen LogP contribution in [0.4, 0.5) is 11.6 Å². The van der Waals surface area contributed by atoms with E-state index in [2.05, 4.69) is 26.0 Å². The maximum absolute atomic E-state index is 12.6. The van der Waals surface area contributed by atoms with Crippen molar-refractivity contribution in [1.82, 2.24) is 14.9 Å². The predicted octanol–water partition coefficient (Wildman–Crippen LogP) is 4.90. The highest BCUT2D eigenvalue weighted by molar-refractivity contribution is 7.99. The van der Waals surface area contributed by atoms with Gasteiger partial charge in [-0.25, -0.2) is 10.1 Å². The third-order valence-electron chi connectivity index (χ3n) is 5.58. The van der Waals surface area contributed by atoms with Crippen LogP contribution in [0.15, 0.2) is 107 Å². The lowest BCUT2D eigenvalue weighted by atomic mass is 10.1. The first-order chi connectivity index (χ1) is 18.7. The van der Waals surface area contributed by atoms with Crippen LogP contribution >= 0.6 is 11.8 Å². The number of hydrogen-bond acceptors (Lipinski definition) is 8. The van der Waals surface area contributed by atoms with Gasteiger partial charge in [0.15, 0.2) is 0 Å². The van der Waals surface area contributed by atoms with Gasteiger partial charge in [-0.1, -0.05) is 90.6 Å². The van der Waals surface area contributed by atoms with Gasteiger partial charge in [0.2, 0.25) is 11.1 Å². The fourth-order valence-corrected chi connectivity index (χ4v) is 4.37. The van der Waals surface area contributed by atoms with Crippen LogP contribution in [0.1, 0.15) is 11.1 Å². The molecule has 0 spiro atoms. The Hall–Kier alpha value is -4.83. The number of benzene rings is 4. The fraction of sp³-hybridized carbons (Fsp3) is 0.0714. The van der Waals surface area contributed by atoms with Gasteiger partial charge in [0.05, 0.1) is 12.0 Å². The average Bonchev–Trinajstić information content (AvgIpc) is 3.31. The quantitative estimate of drug-likeness (QED) is 0.103. The van der Waals surface area contributed by atoms with Crippen molar-refractivity contribution in [3.63, 3.8) is 0 Å². The zero-order valence-electron chi connectivity index (χ0n) is 20.3. The number of nitrogen functional groups attached to an aromatic ring is 1. The largest absolute Gasteiger partial charge is 0.488 e. The number of rotatable bonds is 10. The first-order valence-corrected chi connectivity index (χ1v) is 12.8. The van der Waals surface area contributed by atoms with Crippen LogP contribution in [0.2, 0.25) is 0 Å². The van der Waals surface area contributed by atoms with Crippen molar-refractivity contribution in [3.05, 3.63) is 108 Å². The monoisotopic (exact) mass is 523 g/mol. The molecular formula is C28H25N7O2S. The zero-order chi connectivity index (χ0) is 26.2. The Bertz CT molecular complexity index is 1570. The number of thioether (sulfide) groups is 1. The molecule has 0 radical (unpaired) electrons. The van der Waals surface area contributed by atoms with E-state index in [1.807, 2.05) is 97.1 Å². The van der Waals surface area contributed by atoms with Crippen molar-refractivity contribution >= 4 is 46.3 Å². The van der Waals surface area contributed by atoms with Gasteiger partial charge in [-0.05, 0) is 29.1 Å². The average molecular weight is 524 g/mol. The molecule has 0 aliphatic rings. The number of ether oxygens (including phenoxy) is 1. The lowest BCUT2D eigenvalue weighted by molar-refractivity contribution is -0.113. The number of nitrogens with two attached hydrogens (primary N) is 1. The summed E-state index contributed by atoms with van der Waals surface area (Å²) in [5.74, 6) is 7.00. The van der Waals surface area contributed by atoms with E-state index >= 15 is 0 Å². The fourth-order valence-electron chi connectivity index (χ4n) is 3.72. The molecule has 5 aromatic rings. The summed E-state index contributed by atoms with van der Waals surface area (Å²) >= 11 is 1.18. The van der Waals surface area contributed by atoms with Crippen LogP contribution in [0, 0.1) is 0 Å². The van der Waals surface area contributed by atoms with E-state index in [1.54, 1.807) is 6.21 Å². The van der Waals surface area contributed by atoms with E-state index in [4.69, 9.17) is 10.6 Å². The smallest absolute Gasteiger partial charge is 0.264 e. The molecule has 0 aliphatic carbocycles. The number of hydrazone groups is 1. The minimum atomic E-state index is -0.172. The zero-order valence-corrected chi connectivity index (χ0v) is 21.1. The van der Waals surface area contributed by atoms with Crippen molar-refractivity contribution in [2.75, 3.05) is 22.3 Å². The molecule has 0 aliphatic heterocycles. The number of nitrogens with zero attached hydrogens (tertiary/aromatic N) is 4. The molecule has 1 amide bonds. The summed E-state index contributed by atoms with van der Waals surface area (Å²) in [5.41, 5.74) is 5.42. The van der Waals surface area contributed by atoms with Crippen molar-refractivity contribution in [3.8, 4) is 5.75 Å². The first kappa shape index (κ1) is 24.8. The molecule has 0 bridgehead atoms. The third kappa shape index (κ3) is 6.11. The Kier molecular flexibility index (Phi) is 7.80. The molecule has 0 atom stereocenters. The lowest BCUT2D eigenvalue weighted by Crippen LogP contribution is -2.17. The van der Waals surface area contributed by atoms with Crippen molar-refractivity contribution < 1.29 is 9.53 Å². The Labute approximate surface area is 223 Å². The van der Waals surface area contributed by atoms with Crippen molar-refractivity contribution in [2.45, 2.75) is 11.8 Å². The minimum absolute atomic E-state index is 0.119. The van der Waals surface area contributed by atoms with E-state index in [0.29, 0.717) is 17.5 Å². The van der Waals surface area contributed by atoms with Gasteiger partial charge in [0, 0.05) is 16.6 Å². The molecular weight excluding hydrogens is 498 g/mol. The first-order valence-electron chi connectivity index (χ1n) is 11.8. The van der Waals surface area contributed by atoms with Crippen LogP contribution in [0.5, 0.6) is 5.75 Å². The van der Waals surface area contributed by atoms with Crippen LogP contribution in [0.25, 0.3) is 10.8 Å². The third-order valence-corrected chi connectivity index (χ3v) is 6.53. The van der Waals surface area contributed by atoms with Gasteiger partial charge in [-0.15, -0.1) is 10.2 Å². The number of carbonyl (C=O) groups is 1. The molecule has 1 aromatic heterocycles. The molecule has 10 heteroatoms. The van der Waals surface area contributed by atoms with Crippen LogP contribution in [0.3, 0.4) is 0 Å². The molecule has 1 heterocycles. The number of para-hydroxylation sites is 1. The van der Waals surface area contributed by atoms with Gasteiger partial charge in [0.25, 0.3) is 5.95 Å². The standard InChI is InChI=1S/C28H25N7O2S/c29-35-27(32-30-17-22-12-5-7-16-25(22)37-18-20-9-2-1-3-10-20)33-34-28(35)38-19-26(36)31-24-15-8-13-21-11-4-6-14-23(21)24/h1-17H,18-19,29H2,(H,31,36)(H,32,33)/b30-17+. The van der Waals surface area contributed by atoms with Crippen molar-refractivity contribution in [1.29, 1.82) is 0 Å². The second kappa shape index (κ2) is 11.9. The predicted molar refractivity (Wildman–Crippen MR) is 152 cm³/mol. The number of hydrogen-bond donors (Lipinski definition) is 3. The Morgan fingerprint density at radius 1 is 0.947 bits per heavy atom. The summed E-state index contributed by atoms with van der Waals surface area (Å²) in [6, 6.07) is 31.2. The molecule has 190 valence electrons. The van der Waals surface area contributed by atoms with Crippen LogP contribution < -0.4 is 21.3 Å². The number of carbonyl (C=O) groups excluding carboxylic acids is 1. The van der Waals surface area contributed by atoms with Crippen LogP contribution in [-0.4, -0.2) is 32.7 Å². The maximum Gasteiger partial charge on any atom is 0.264 e. The molecule has 0 fully saturated rings. The number of nitrogens with one attached hydrogen (secondary N) is 2. The number of amides is 1. The second-order valence-electron chi connectivity index (χ2n) is 8.22. The maximum atomic E-state index is 12.6. The van der Waals surface area contributed by atoms with Gasteiger partial charge >= 0.3 is 0 Å². The molecule has 5 rings (SSSR count). The number of anilines is 2. The van der Waals surface area contributed by atoms with Crippen molar-refractivity contribution in [2.24, 2.45) is 5.10 Å². The summed E-state index contributed by atoms with van der Waals surface area (Å²) in [5, 5.41) is 17.7. The molecule has 4 N–H and O–H groups in total. The Balaban J connectivity index is 1.16. The van der Waals surface area contributed by atoms with E-state index < -0.39 is 0 Å². The normalized spacial score (nSPS) is 11.1. The highest BCUT2D eigenvalue weighted by atomic mass is 32.2. The molecule has 9 nitrogen and oxygen atoms in total.